The Labute approximate surface area is 154 Å². The first-order chi connectivity index (χ1) is 12.4. The van der Waals surface area contributed by atoms with E-state index in [4.69, 9.17) is 21.6 Å². The lowest BCUT2D eigenvalue weighted by atomic mass is 10.2. The lowest BCUT2D eigenvalue weighted by Gasteiger charge is -2.22. The van der Waals surface area contributed by atoms with Crippen molar-refractivity contribution >= 4 is 29.0 Å². The van der Waals surface area contributed by atoms with Gasteiger partial charge in [0.2, 0.25) is 5.75 Å². The van der Waals surface area contributed by atoms with Gasteiger partial charge in [-0.2, -0.15) is 5.26 Å². The standard InChI is InChI=1S/C17H15ClN4O4/c1-12-6-7-15(17(20-12)22(24)25)26-11-16(23)21(9-3-8-19)14-5-2-4-13(18)10-14/h2,4-7,10H,3,9,11H2,1H3. The van der Waals surface area contributed by atoms with Gasteiger partial charge in [-0.1, -0.05) is 17.7 Å². The molecular formula is C17H15ClN4O4. The maximum absolute atomic E-state index is 12.5. The largest absolute Gasteiger partial charge is 0.476 e. The molecule has 0 saturated carbocycles. The van der Waals surface area contributed by atoms with E-state index < -0.39 is 23.3 Å². The average molecular weight is 375 g/mol. The fraction of sp³-hybridized carbons (Fsp3) is 0.235. The summed E-state index contributed by atoms with van der Waals surface area (Å²) >= 11 is 5.95. The van der Waals surface area contributed by atoms with Crippen molar-refractivity contribution in [3.8, 4) is 11.8 Å². The summed E-state index contributed by atoms with van der Waals surface area (Å²) in [5.74, 6) is -1.01. The second-order valence-corrected chi connectivity index (χ2v) is 5.69. The Morgan fingerprint density at radius 1 is 1.42 bits per heavy atom. The van der Waals surface area contributed by atoms with Crippen LogP contribution in [-0.2, 0) is 4.79 Å². The number of pyridine rings is 1. The van der Waals surface area contributed by atoms with E-state index in [1.54, 1.807) is 37.3 Å². The molecule has 0 spiro atoms. The van der Waals surface area contributed by atoms with Crippen LogP contribution in [0.4, 0.5) is 11.5 Å². The number of rotatable bonds is 7. The summed E-state index contributed by atoms with van der Waals surface area (Å²) in [7, 11) is 0. The van der Waals surface area contributed by atoms with Crippen molar-refractivity contribution in [2.45, 2.75) is 13.3 Å². The minimum atomic E-state index is -0.669. The van der Waals surface area contributed by atoms with Gasteiger partial charge in [-0.05, 0) is 40.2 Å². The number of benzene rings is 1. The van der Waals surface area contributed by atoms with Gasteiger partial charge in [-0.3, -0.25) is 4.79 Å². The third-order valence-corrected chi connectivity index (χ3v) is 3.61. The maximum Gasteiger partial charge on any atom is 0.406 e. The van der Waals surface area contributed by atoms with Gasteiger partial charge >= 0.3 is 5.82 Å². The molecule has 0 N–H and O–H groups in total. The van der Waals surface area contributed by atoms with E-state index >= 15 is 0 Å². The van der Waals surface area contributed by atoms with Gasteiger partial charge in [-0.25, -0.2) is 0 Å². The zero-order chi connectivity index (χ0) is 19.1. The quantitative estimate of drug-likeness (QED) is 0.543. The number of carbonyl (C=O) groups is 1. The van der Waals surface area contributed by atoms with E-state index in [0.717, 1.165) is 0 Å². The molecule has 26 heavy (non-hydrogen) atoms. The normalized spacial score (nSPS) is 10.0. The number of ether oxygens (including phenoxy) is 1. The van der Waals surface area contributed by atoms with Gasteiger partial charge < -0.3 is 19.8 Å². The predicted molar refractivity (Wildman–Crippen MR) is 95.2 cm³/mol. The van der Waals surface area contributed by atoms with E-state index in [0.29, 0.717) is 16.4 Å². The van der Waals surface area contributed by atoms with Crippen LogP contribution in [0.2, 0.25) is 5.02 Å². The molecule has 0 fully saturated rings. The summed E-state index contributed by atoms with van der Waals surface area (Å²) < 4.78 is 5.32. The van der Waals surface area contributed by atoms with E-state index in [1.807, 2.05) is 6.07 Å². The number of aromatic nitrogens is 1. The molecule has 0 atom stereocenters. The molecule has 1 aromatic heterocycles. The van der Waals surface area contributed by atoms with Gasteiger partial charge in [0, 0.05) is 24.2 Å². The topological polar surface area (TPSA) is 109 Å². The highest BCUT2D eigenvalue weighted by molar-refractivity contribution is 6.30. The highest BCUT2D eigenvalue weighted by atomic mass is 35.5. The SMILES string of the molecule is Cc1ccc(OCC(=O)N(CCC#N)c2cccc(Cl)c2)c([N+](=O)[O-])n1. The fourth-order valence-corrected chi connectivity index (χ4v) is 2.38. The molecule has 134 valence electrons. The Balaban J connectivity index is 2.18. The minimum absolute atomic E-state index is 0.0970. The number of nitrogens with zero attached hydrogens (tertiary/aromatic N) is 4. The molecule has 0 aliphatic rings. The van der Waals surface area contributed by atoms with Crippen molar-refractivity contribution in [3.05, 3.63) is 57.2 Å². The van der Waals surface area contributed by atoms with Crippen LogP contribution in [0.1, 0.15) is 12.1 Å². The van der Waals surface area contributed by atoms with E-state index in [2.05, 4.69) is 4.98 Å². The molecule has 8 nitrogen and oxygen atoms in total. The van der Waals surface area contributed by atoms with Crippen LogP contribution in [0.5, 0.6) is 5.75 Å². The zero-order valence-electron chi connectivity index (χ0n) is 13.9. The monoisotopic (exact) mass is 374 g/mol. The Kier molecular flexibility index (Phi) is 6.47. The smallest absolute Gasteiger partial charge is 0.406 e. The maximum atomic E-state index is 12.5. The molecule has 0 aliphatic carbocycles. The third kappa shape index (κ3) is 4.91. The second-order valence-electron chi connectivity index (χ2n) is 5.25. The van der Waals surface area contributed by atoms with Crippen molar-refractivity contribution in [3.63, 3.8) is 0 Å². The molecule has 1 heterocycles. The first-order valence-electron chi connectivity index (χ1n) is 7.60. The van der Waals surface area contributed by atoms with Crippen molar-refractivity contribution in [2.24, 2.45) is 0 Å². The van der Waals surface area contributed by atoms with Crippen LogP contribution >= 0.6 is 11.6 Å². The number of halogens is 1. The molecule has 1 amide bonds. The van der Waals surface area contributed by atoms with Crippen LogP contribution in [0.15, 0.2) is 36.4 Å². The molecule has 9 heteroatoms. The lowest BCUT2D eigenvalue weighted by molar-refractivity contribution is -0.390. The summed E-state index contributed by atoms with van der Waals surface area (Å²) in [5.41, 5.74) is 0.975. The van der Waals surface area contributed by atoms with Crippen LogP contribution < -0.4 is 9.64 Å². The molecule has 0 bridgehead atoms. The van der Waals surface area contributed by atoms with Gasteiger partial charge in [0.15, 0.2) is 6.61 Å². The molecule has 1 aromatic carbocycles. The van der Waals surface area contributed by atoms with E-state index in [1.165, 1.54) is 11.0 Å². The molecule has 0 aliphatic heterocycles. The number of hydrogen-bond acceptors (Lipinski definition) is 6. The highest BCUT2D eigenvalue weighted by Crippen LogP contribution is 2.25. The van der Waals surface area contributed by atoms with Crippen LogP contribution in [0, 0.1) is 28.4 Å². The lowest BCUT2D eigenvalue weighted by Crippen LogP contribution is -2.35. The summed E-state index contributed by atoms with van der Waals surface area (Å²) in [6.45, 7) is 1.32. The molecule has 0 radical (unpaired) electrons. The first kappa shape index (κ1) is 19.1. The zero-order valence-corrected chi connectivity index (χ0v) is 14.6. The van der Waals surface area contributed by atoms with Gasteiger partial charge in [0.25, 0.3) is 5.91 Å². The van der Waals surface area contributed by atoms with Crippen LogP contribution in [0.3, 0.4) is 0 Å². The Morgan fingerprint density at radius 2 is 2.19 bits per heavy atom. The highest BCUT2D eigenvalue weighted by Gasteiger charge is 2.21. The minimum Gasteiger partial charge on any atom is -0.476 e. The van der Waals surface area contributed by atoms with E-state index in [9.17, 15) is 14.9 Å². The molecule has 0 saturated heterocycles. The van der Waals surface area contributed by atoms with Crippen molar-refractivity contribution in [2.75, 3.05) is 18.1 Å². The summed E-state index contributed by atoms with van der Waals surface area (Å²) in [5, 5.41) is 20.3. The number of aryl methyl sites for hydroxylation is 1. The summed E-state index contributed by atoms with van der Waals surface area (Å²) in [6.07, 6.45) is 0.116. The number of amides is 1. The van der Waals surface area contributed by atoms with Crippen molar-refractivity contribution in [1.29, 1.82) is 5.26 Å². The number of nitriles is 1. The van der Waals surface area contributed by atoms with Crippen molar-refractivity contribution in [1.82, 2.24) is 4.98 Å². The average Bonchev–Trinajstić information content (AvgIpc) is 2.61. The molecule has 0 unspecified atom stereocenters. The van der Waals surface area contributed by atoms with Gasteiger partial charge in [0.05, 0.1) is 12.5 Å². The van der Waals surface area contributed by atoms with E-state index in [-0.39, 0.29) is 18.7 Å². The summed E-state index contributed by atoms with van der Waals surface area (Å²) in [6, 6.07) is 11.5. The Hall–Kier alpha value is -3.18. The van der Waals surface area contributed by atoms with Crippen LogP contribution in [-0.4, -0.2) is 29.0 Å². The number of hydrogen-bond donors (Lipinski definition) is 0. The number of nitro groups is 1. The third-order valence-electron chi connectivity index (χ3n) is 3.37. The summed E-state index contributed by atoms with van der Waals surface area (Å²) in [4.78, 5) is 28.1. The van der Waals surface area contributed by atoms with Crippen LogP contribution in [0.25, 0.3) is 0 Å². The molecule has 2 rings (SSSR count). The van der Waals surface area contributed by atoms with Gasteiger partial charge in [-0.15, -0.1) is 0 Å². The molecular weight excluding hydrogens is 360 g/mol. The Morgan fingerprint density at radius 3 is 2.85 bits per heavy atom. The number of carbonyl (C=O) groups excluding carboxylic acids is 1. The fourth-order valence-electron chi connectivity index (χ4n) is 2.19. The number of anilines is 1. The van der Waals surface area contributed by atoms with Gasteiger partial charge in [0.1, 0.15) is 5.69 Å². The second kappa shape index (κ2) is 8.78. The predicted octanol–water partition coefficient (Wildman–Crippen LogP) is 3.28. The first-order valence-corrected chi connectivity index (χ1v) is 7.98. The van der Waals surface area contributed by atoms with Crippen molar-refractivity contribution < 1.29 is 14.5 Å². The molecule has 2 aromatic rings. The Bertz CT molecular complexity index is 866.